The molecule has 0 rings (SSSR count). The molecule has 0 nitrogen and oxygen atoms in total. The Morgan fingerprint density at radius 2 is 0.407 bits per heavy atom. The van der Waals surface area contributed by atoms with Gasteiger partial charge in [-0.2, -0.15) is 0 Å². The van der Waals surface area contributed by atoms with Crippen LogP contribution in [0.3, 0.4) is 0 Å². The Morgan fingerprint density at radius 1 is 0.296 bits per heavy atom. The van der Waals surface area contributed by atoms with Crippen LogP contribution >= 0.6 is 0 Å². The van der Waals surface area contributed by atoms with E-state index >= 15 is 0 Å². The fourth-order valence-electron chi connectivity index (χ4n) is 7.90. The Labute approximate surface area is 200 Å². The standard InChI is InChI=1S/2C10H27Si3.Sm/c2*1-11(2,3)10(12(4,5)6)13(7,8)9;/h2*1-9H3;. The molecule has 0 fully saturated rings. The van der Waals surface area contributed by atoms with Crippen LogP contribution < -0.4 is 0 Å². The van der Waals surface area contributed by atoms with Gasteiger partial charge in [-0.1, -0.05) is 0 Å². The molecule has 0 aromatic carbocycles. The van der Waals surface area contributed by atoms with E-state index in [4.69, 9.17) is 0 Å². The molecule has 0 amide bonds. The molecule has 27 heavy (non-hydrogen) atoms. The van der Waals surface area contributed by atoms with Crippen molar-refractivity contribution in [2.75, 3.05) is 0 Å². The summed E-state index contributed by atoms with van der Waals surface area (Å²) in [7, 11) is -7.74. The van der Waals surface area contributed by atoms with Crippen LogP contribution in [-0.2, 0) is 0 Å². The van der Waals surface area contributed by atoms with Gasteiger partial charge in [0.1, 0.15) is 0 Å². The second-order valence-electron chi connectivity index (χ2n) is 15.0. The van der Waals surface area contributed by atoms with Crippen LogP contribution in [0.5, 0.6) is 0 Å². The Bertz CT molecular complexity index is 396. The Morgan fingerprint density at radius 3 is 0.481 bits per heavy atom. The average Bonchev–Trinajstić information content (AvgIpc) is 2.16. The maximum atomic E-state index is 2.78. The topological polar surface area (TPSA) is 0 Å². The predicted octanol–water partition coefficient (Wildman–Crippen LogP) is 8.65. The van der Waals surface area contributed by atoms with Crippen LogP contribution in [0.4, 0.5) is 0 Å². The van der Waals surface area contributed by atoms with Gasteiger partial charge < -0.3 is 0 Å². The molecule has 0 radical (unpaired) electrons. The zero-order valence-corrected chi connectivity index (χ0v) is 31.0. The van der Waals surface area contributed by atoms with E-state index < -0.39 is 84.7 Å². The molecule has 7 heteroatoms. The molecule has 0 saturated carbocycles. The van der Waals surface area contributed by atoms with E-state index in [0.29, 0.717) is 0 Å². The molecule has 0 N–H and O–H groups in total. The third-order valence-electron chi connectivity index (χ3n) is 6.64. The van der Waals surface area contributed by atoms with Gasteiger partial charge in [0.2, 0.25) is 0 Å². The fourth-order valence-corrected chi connectivity index (χ4v) is 96.5. The first-order valence-electron chi connectivity index (χ1n) is 10.9. The molecule has 0 spiro atoms. The normalized spacial score (nSPS) is 16.7. The Hall–Kier alpha value is 2.64. The molecule has 164 valence electrons. The second kappa shape index (κ2) is 8.20. The van der Waals surface area contributed by atoms with Crippen LogP contribution in [0.25, 0.3) is 0 Å². The van der Waals surface area contributed by atoms with Crippen molar-refractivity contribution in [3.63, 3.8) is 0 Å². The van der Waals surface area contributed by atoms with Crippen molar-refractivity contribution in [2.24, 2.45) is 0 Å². The molecule has 0 bridgehead atoms. The van der Waals surface area contributed by atoms with Crippen molar-refractivity contribution in [1.82, 2.24) is 0 Å². The molecular weight excluding hydrogens is 559 g/mol. The summed E-state index contributed by atoms with van der Waals surface area (Å²) in [6.07, 6.45) is 0. The van der Waals surface area contributed by atoms with Crippen LogP contribution in [0.2, 0.25) is 118 Å². The van der Waals surface area contributed by atoms with Gasteiger partial charge in [-0.25, -0.2) is 0 Å². The molecule has 0 saturated heterocycles. The molecule has 0 unspecified atom stereocenters. The molecule has 0 aliphatic carbocycles. The summed E-state index contributed by atoms with van der Waals surface area (Å²) in [5, 5.41) is 0. The number of rotatable bonds is 8. The summed E-state index contributed by atoms with van der Waals surface area (Å²) in [5.41, 5.74) is 0. The van der Waals surface area contributed by atoms with Gasteiger partial charge in [0.15, 0.2) is 0 Å². The quantitative estimate of drug-likeness (QED) is 0.241. The summed E-state index contributed by atoms with van der Waals surface area (Å²) >= 11 is -0.595. The SMILES string of the molecule is C[Si](C)(C)[C]([Sm][C]([Si](C)(C)C)([Si](C)(C)C)[Si](C)(C)C)([Si](C)(C)C)[Si](C)(C)C. The number of hydrogen-bond donors (Lipinski definition) is 0. The van der Waals surface area contributed by atoms with Gasteiger partial charge in [0.05, 0.1) is 0 Å². The van der Waals surface area contributed by atoms with Crippen molar-refractivity contribution in [2.45, 2.75) is 118 Å². The monoisotopic (exact) mass is 614 g/mol. The zero-order chi connectivity index (χ0) is 22.7. The van der Waals surface area contributed by atoms with Crippen LogP contribution in [0, 0.1) is 36.3 Å². The van der Waals surface area contributed by atoms with E-state index in [1.165, 1.54) is 0 Å². The molecule has 0 aromatic heterocycles. The second-order valence-corrected chi connectivity index (χ2v) is 61.6. The Balaban J connectivity index is 7.45. The van der Waals surface area contributed by atoms with E-state index in [0.717, 1.165) is -0.000499 Å². The summed E-state index contributed by atoms with van der Waals surface area (Å²) in [6, 6.07) is 0. The Kier molecular flexibility index (Phi) is 9.01. The third kappa shape index (κ3) is 5.18. The van der Waals surface area contributed by atoms with E-state index in [1.54, 1.807) is 0 Å². The molecule has 0 atom stereocenters. The van der Waals surface area contributed by atoms with E-state index in [-0.39, 0.29) is 0 Å². The van der Waals surface area contributed by atoms with E-state index in [9.17, 15) is 0 Å². The van der Waals surface area contributed by atoms with Gasteiger partial charge in [0, 0.05) is 0 Å². The van der Waals surface area contributed by atoms with Crippen molar-refractivity contribution in [3.05, 3.63) is 0 Å². The van der Waals surface area contributed by atoms with Crippen molar-refractivity contribution >= 4 is 48.4 Å². The van der Waals surface area contributed by atoms with Gasteiger partial charge in [0.25, 0.3) is 0 Å². The summed E-state index contributed by atoms with van der Waals surface area (Å²) in [5.74, 6) is 0. The molecule has 0 heterocycles. The van der Waals surface area contributed by atoms with E-state index in [1.807, 2.05) is 0 Å². The summed E-state index contributed by atoms with van der Waals surface area (Å²) < 4.78 is 1.71. The first-order chi connectivity index (χ1) is 11.2. The predicted molar refractivity (Wildman–Crippen MR) is 145 cm³/mol. The first-order valence-corrected chi connectivity index (χ1v) is 34.5. The van der Waals surface area contributed by atoms with Gasteiger partial charge in [-0.15, -0.1) is 0 Å². The van der Waals surface area contributed by atoms with Crippen molar-refractivity contribution in [1.29, 1.82) is 0 Å². The van der Waals surface area contributed by atoms with Crippen LogP contribution in [-0.4, -0.2) is 48.4 Å². The summed E-state index contributed by atoms with van der Waals surface area (Å²) in [4.78, 5) is 0. The number of hydrogen-bond acceptors (Lipinski definition) is 0. The van der Waals surface area contributed by atoms with Crippen molar-refractivity contribution in [3.8, 4) is 0 Å². The van der Waals surface area contributed by atoms with Gasteiger partial charge in [-0.05, 0) is 0 Å². The van der Waals surface area contributed by atoms with Crippen LogP contribution in [0.15, 0.2) is 0 Å². The molecular formula is C20H54Si6Sm. The minimum atomic E-state index is -1.29. The van der Waals surface area contributed by atoms with Gasteiger partial charge in [-0.3, -0.25) is 0 Å². The van der Waals surface area contributed by atoms with Crippen LogP contribution in [0.1, 0.15) is 0 Å². The summed E-state index contributed by atoms with van der Waals surface area (Å²) in [6.45, 7) is 50.1. The van der Waals surface area contributed by atoms with E-state index in [2.05, 4.69) is 118 Å². The molecule has 0 aliphatic heterocycles. The average molecular weight is 614 g/mol. The van der Waals surface area contributed by atoms with Crippen molar-refractivity contribution < 1.29 is 36.3 Å². The first kappa shape index (κ1) is 29.6. The van der Waals surface area contributed by atoms with Gasteiger partial charge >= 0.3 is 203 Å². The third-order valence-corrected chi connectivity index (χ3v) is 88.2. The molecule has 0 aromatic rings. The minimum absolute atomic E-state index is 0.595. The maximum absolute atomic E-state index is 2.78. The zero-order valence-electron chi connectivity index (χ0n) is 22.4. The molecule has 0 aliphatic rings. The fraction of sp³-hybridized carbons (Fsp3) is 1.00.